The maximum absolute atomic E-state index is 12.6. The Balaban J connectivity index is 2.79. The molecular formula is C19H27NO2. The van der Waals surface area contributed by atoms with Crippen LogP contribution in [0.25, 0.3) is 0 Å². The summed E-state index contributed by atoms with van der Waals surface area (Å²) in [4.78, 5) is 14.5. The molecule has 0 amide bonds. The molecule has 1 atom stereocenters. The van der Waals surface area contributed by atoms with Gasteiger partial charge in [-0.2, -0.15) is 0 Å². The predicted octanol–water partition coefficient (Wildman–Crippen LogP) is 2.83. The van der Waals surface area contributed by atoms with Gasteiger partial charge in [-0.25, -0.2) is 0 Å². The van der Waals surface area contributed by atoms with E-state index in [1.165, 1.54) is 0 Å². The summed E-state index contributed by atoms with van der Waals surface area (Å²) < 4.78 is 0. The summed E-state index contributed by atoms with van der Waals surface area (Å²) in [6.45, 7) is 4.71. The molecule has 0 saturated carbocycles. The van der Waals surface area contributed by atoms with E-state index in [1.807, 2.05) is 63.2 Å². The largest absolute Gasteiger partial charge is 0.377 e. The van der Waals surface area contributed by atoms with Gasteiger partial charge < -0.3 is 5.11 Å². The van der Waals surface area contributed by atoms with E-state index in [0.29, 0.717) is 24.9 Å². The quantitative estimate of drug-likeness (QED) is 0.787. The highest BCUT2D eigenvalue weighted by Crippen LogP contribution is 2.31. The highest BCUT2D eigenvalue weighted by Gasteiger charge is 2.37. The number of carbonyl (C=O) groups excluding carboxylic acids is 1. The number of nitrogens with zero attached hydrogens (tertiary/aromatic N) is 1. The molecule has 0 aliphatic carbocycles. The summed E-state index contributed by atoms with van der Waals surface area (Å²) in [7, 11) is 3.91. The maximum Gasteiger partial charge on any atom is 0.169 e. The maximum atomic E-state index is 12.6. The highest BCUT2D eigenvalue weighted by molar-refractivity contribution is 5.88. The fourth-order valence-corrected chi connectivity index (χ4v) is 2.38. The van der Waals surface area contributed by atoms with Gasteiger partial charge in [-0.3, -0.25) is 9.69 Å². The van der Waals surface area contributed by atoms with E-state index in [0.717, 1.165) is 0 Å². The first kappa shape index (κ1) is 18.4. The molecule has 22 heavy (non-hydrogen) atoms. The van der Waals surface area contributed by atoms with Crippen LogP contribution in [-0.4, -0.2) is 36.4 Å². The number of benzene rings is 1. The standard InChI is InChI=1S/C19H27NO2/c1-16(2)15-19(22,17-11-7-5-8-12-17)18(21)13-9-6-10-14-20(3)4/h5,7-8,11-12,16,22H,9,13-15H2,1-4H3/t19-/m0/s1. The average molecular weight is 301 g/mol. The molecule has 120 valence electrons. The summed E-state index contributed by atoms with van der Waals surface area (Å²) in [5, 5.41) is 11.0. The molecule has 0 aromatic heterocycles. The first-order chi connectivity index (χ1) is 10.4. The molecule has 1 N–H and O–H groups in total. The highest BCUT2D eigenvalue weighted by atomic mass is 16.3. The Morgan fingerprint density at radius 1 is 1.23 bits per heavy atom. The van der Waals surface area contributed by atoms with Crippen molar-refractivity contribution in [2.24, 2.45) is 5.92 Å². The van der Waals surface area contributed by atoms with Crippen LogP contribution in [0.3, 0.4) is 0 Å². The van der Waals surface area contributed by atoms with Gasteiger partial charge in [-0.1, -0.05) is 50.1 Å². The van der Waals surface area contributed by atoms with Gasteiger partial charge in [0.1, 0.15) is 5.60 Å². The third-order valence-electron chi connectivity index (χ3n) is 3.41. The van der Waals surface area contributed by atoms with E-state index >= 15 is 0 Å². The lowest BCUT2D eigenvalue weighted by Crippen LogP contribution is -2.37. The van der Waals surface area contributed by atoms with Crippen molar-refractivity contribution in [3.05, 3.63) is 35.9 Å². The summed E-state index contributed by atoms with van der Waals surface area (Å²) in [6.07, 6.45) is 1.19. The molecule has 0 radical (unpaired) electrons. The topological polar surface area (TPSA) is 40.5 Å². The molecule has 1 aromatic rings. The number of hydrogen-bond donors (Lipinski definition) is 1. The SMILES string of the molecule is CC(C)C[C@@](O)(C(=O)CCC#CCN(C)C)c1ccccc1. The fraction of sp³-hybridized carbons (Fsp3) is 0.526. The lowest BCUT2D eigenvalue weighted by molar-refractivity contribution is -0.140. The molecule has 0 unspecified atom stereocenters. The monoisotopic (exact) mass is 301 g/mol. The molecule has 0 bridgehead atoms. The Bertz CT molecular complexity index is 525. The van der Waals surface area contributed by atoms with Crippen LogP contribution in [0.2, 0.25) is 0 Å². The molecule has 0 aliphatic heterocycles. The van der Waals surface area contributed by atoms with Crippen molar-refractivity contribution in [2.75, 3.05) is 20.6 Å². The summed E-state index contributed by atoms with van der Waals surface area (Å²) >= 11 is 0. The van der Waals surface area contributed by atoms with Crippen LogP contribution in [0.15, 0.2) is 30.3 Å². The second kappa shape index (κ2) is 8.73. The minimum atomic E-state index is -1.40. The molecule has 0 heterocycles. The second-order valence-electron chi connectivity index (χ2n) is 6.34. The molecule has 0 fully saturated rings. The molecule has 0 spiro atoms. The number of aliphatic hydroxyl groups is 1. The molecule has 1 rings (SSSR count). The van der Waals surface area contributed by atoms with Crippen LogP contribution < -0.4 is 0 Å². The minimum Gasteiger partial charge on any atom is -0.377 e. The van der Waals surface area contributed by atoms with E-state index in [4.69, 9.17) is 0 Å². The van der Waals surface area contributed by atoms with E-state index in [9.17, 15) is 9.90 Å². The first-order valence-electron chi connectivity index (χ1n) is 7.78. The zero-order valence-electron chi connectivity index (χ0n) is 14.1. The Hall–Kier alpha value is -1.63. The minimum absolute atomic E-state index is 0.147. The van der Waals surface area contributed by atoms with E-state index in [1.54, 1.807) is 0 Å². The van der Waals surface area contributed by atoms with Crippen LogP contribution >= 0.6 is 0 Å². The Kier molecular flexibility index (Phi) is 7.31. The first-order valence-corrected chi connectivity index (χ1v) is 7.78. The molecule has 3 heteroatoms. The Morgan fingerprint density at radius 2 is 1.86 bits per heavy atom. The van der Waals surface area contributed by atoms with E-state index in [-0.39, 0.29) is 18.1 Å². The van der Waals surface area contributed by atoms with E-state index in [2.05, 4.69) is 11.8 Å². The second-order valence-corrected chi connectivity index (χ2v) is 6.34. The van der Waals surface area contributed by atoms with Crippen LogP contribution in [0.5, 0.6) is 0 Å². The van der Waals surface area contributed by atoms with Crippen molar-refractivity contribution in [2.45, 2.75) is 38.7 Å². The van der Waals surface area contributed by atoms with Crippen molar-refractivity contribution < 1.29 is 9.90 Å². The van der Waals surface area contributed by atoms with E-state index < -0.39 is 5.60 Å². The number of ketones is 1. The van der Waals surface area contributed by atoms with Crippen LogP contribution in [-0.2, 0) is 10.4 Å². The molecule has 0 aliphatic rings. The lowest BCUT2D eigenvalue weighted by atomic mass is 9.81. The number of rotatable bonds is 7. The lowest BCUT2D eigenvalue weighted by Gasteiger charge is -2.29. The zero-order chi connectivity index (χ0) is 16.6. The molecule has 0 saturated heterocycles. The Labute approximate surface area is 134 Å². The smallest absolute Gasteiger partial charge is 0.169 e. The summed E-state index contributed by atoms with van der Waals surface area (Å²) in [6, 6.07) is 9.22. The van der Waals surface area contributed by atoms with Gasteiger partial charge in [0.05, 0.1) is 6.54 Å². The predicted molar refractivity (Wildman–Crippen MR) is 90.4 cm³/mol. The van der Waals surface area contributed by atoms with Crippen molar-refractivity contribution in [3.63, 3.8) is 0 Å². The average Bonchev–Trinajstić information content (AvgIpc) is 2.46. The third kappa shape index (κ3) is 5.63. The molecule has 3 nitrogen and oxygen atoms in total. The number of carbonyl (C=O) groups is 1. The zero-order valence-corrected chi connectivity index (χ0v) is 14.1. The van der Waals surface area contributed by atoms with Crippen molar-refractivity contribution in [1.29, 1.82) is 0 Å². The number of hydrogen-bond acceptors (Lipinski definition) is 3. The van der Waals surface area contributed by atoms with Crippen molar-refractivity contribution in [3.8, 4) is 11.8 Å². The van der Waals surface area contributed by atoms with Crippen molar-refractivity contribution in [1.82, 2.24) is 4.90 Å². The van der Waals surface area contributed by atoms with Gasteiger partial charge in [0.2, 0.25) is 0 Å². The summed E-state index contributed by atoms with van der Waals surface area (Å²) in [5.41, 5.74) is -0.728. The van der Waals surface area contributed by atoms with Gasteiger partial charge >= 0.3 is 0 Å². The van der Waals surface area contributed by atoms with Gasteiger partial charge in [0.15, 0.2) is 5.78 Å². The van der Waals surface area contributed by atoms with Gasteiger partial charge in [0, 0.05) is 12.8 Å². The van der Waals surface area contributed by atoms with Crippen LogP contribution in [0, 0.1) is 17.8 Å². The normalized spacial score (nSPS) is 13.6. The molecular weight excluding hydrogens is 274 g/mol. The van der Waals surface area contributed by atoms with Gasteiger partial charge in [0.25, 0.3) is 0 Å². The van der Waals surface area contributed by atoms with Crippen molar-refractivity contribution >= 4 is 5.78 Å². The third-order valence-corrected chi connectivity index (χ3v) is 3.41. The van der Waals surface area contributed by atoms with Crippen LogP contribution in [0.1, 0.15) is 38.7 Å². The molecule has 1 aromatic carbocycles. The Morgan fingerprint density at radius 3 is 2.41 bits per heavy atom. The summed E-state index contributed by atoms with van der Waals surface area (Å²) in [5.74, 6) is 6.10. The van der Waals surface area contributed by atoms with Crippen LogP contribution in [0.4, 0.5) is 0 Å². The number of Topliss-reactive ketones (excluding diaryl/α,β-unsaturated/α-hetero) is 1. The van der Waals surface area contributed by atoms with Gasteiger partial charge in [-0.05, 0) is 32.0 Å². The fourth-order valence-electron chi connectivity index (χ4n) is 2.38. The van der Waals surface area contributed by atoms with Gasteiger partial charge in [-0.15, -0.1) is 5.92 Å².